The molecule has 0 aromatic heterocycles. The van der Waals surface area contributed by atoms with Gasteiger partial charge >= 0.3 is 0 Å². The van der Waals surface area contributed by atoms with Crippen molar-refractivity contribution in [2.45, 2.75) is 31.0 Å². The number of alkyl halides is 1. The van der Waals surface area contributed by atoms with Crippen molar-refractivity contribution >= 4 is 0 Å². The van der Waals surface area contributed by atoms with Gasteiger partial charge in [-0.25, -0.2) is 4.39 Å². The van der Waals surface area contributed by atoms with Gasteiger partial charge in [-0.15, -0.1) is 0 Å². The van der Waals surface area contributed by atoms with Gasteiger partial charge in [-0.2, -0.15) is 0 Å². The first-order valence-electron chi connectivity index (χ1n) is 3.58. The van der Waals surface area contributed by atoms with Crippen molar-refractivity contribution in [3.05, 3.63) is 0 Å². The quantitative estimate of drug-likeness (QED) is 0.475. The van der Waals surface area contributed by atoms with Crippen LogP contribution in [0.25, 0.3) is 0 Å². The van der Waals surface area contributed by atoms with E-state index in [1.165, 1.54) is 12.8 Å². The minimum Gasteiger partial charge on any atom is -0.298 e. The minimum atomic E-state index is -0.544. The molecule has 1 aliphatic carbocycles. The monoisotopic (exact) mass is 129 g/mol. The molecule has 0 aromatic rings. The lowest BCUT2D eigenvalue weighted by atomic mass is 10.2. The lowest BCUT2D eigenvalue weighted by molar-refractivity contribution is 0.281. The van der Waals surface area contributed by atoms with Crippen molar-refractivity contribution in [2.24, 2.45) is 0 Å². The van der Waals surface area contributed by atoms with Crippen molar-refractivity contribution in [2.75, 3.05) is 13.6 Å². The van der Waals surface area contributed by atoms with Gasteiger partial charge in [-0.05, 0) is 26.3 Å². The van der Waals surface area contributed by atoms with E-state index in [4.69, 9.17) is 0 Å². The third-order valence-electron chi connectivity index (χ3n) is 2.71. The fourth-order valence-corrected chi connectivity index (χ4v) is 1.85. The first kappa shape index (κ1) is 5.66. The fourth-order valence-electron chi connectivity index (χ4n) is 1.85. The largest absolute Gasteiger partial charge is 0.298 e. The smallest absolute Gasteiger partial charge is 0.115 e. The van der Waals surface area contributed by atoms with Crippen molar-refractivity contribution in [1.82, 2.24) is 4.90 Å². The van der Waals surface area contributed by atoms with E-state index in [1.54, 1.807) is 0 Å². The molecule has 0 bridgehead atoms. The van der Waals surface area contributed by atoms with Gasteiger partial charge in [0, 0.05) is 12.1 Å². The van der Waals surface area contributed by atoms with Crippen LogP contribution in [0.3, 0.4) is 0 Å². The summed E-state index contributed by atoms with van der Waals surface area (Å²) in [6, 6.07) is 0. The first-order chi connectivity index (χ1) is 4.23. The van der Waals surface area contributed by atoms with Crippen LogP contribution < -0.4 is 0 Å². The summed E-state index contributed by atoms with van der Waals surface area (Å²) in [5, 5.41) is 0. The molecular weight excluding hydrogens is 117 g/mol. The highest BCUT2D eigenvalue weighted by Crippen LogP contribution is 2.49. The van der Waals surface area contributed by atoms with Crippen LogP contribution in [0.1, 0.15) is 19.3 Å². The van der Waals surface area contributed by atoms with Gasteiger partial charge in [-0.3, -0.25) is 4.90 Å². The standard InChI is InChI=1S/C7H12FN/c1-9-5-6(8)4-7(9)2-3-7/h6H,2-5H2,1H3. The van der Waals surface area contributed by atoms with Crippen molar-refractivity contribution in [3.63, 3.8) is 0 Å². The molecule has 1 saturated heterocycles. The zero-order valence-electron chi connectivity index (χ0n) is 5.73. The molecule has 1 unspecified atom stereocenters. The molecule has 0 aromatic carbocycles. The predicted molar refractivity (Wildman–Crippen MR) is 34.1 cm³/mol. The van der Waals surface area contributed by atoms with Gasteiger partial charge < -0.3 is 0 Å². The van der Waals surface area contributed by atoms with Gasteiger partial charge in [0.15, 0.2) is 0 Å². The fraction of sp³-hybridized carbons (Fsp3) is 1.00. The van der Waals surface area contributed by atoms with Crippen LogP contribution in [-0.2, 0) is 0 Å². The van der Waals surface area contributed by atoms with Gasteiger partial charge in [0.05, 0.1) is 0 Å². The van der Waals surface area contributed by atoms with Crippen LogP contribution >= 0.6 is 0 Å². The molecule has 2 aliphatic rings. The van der Waals surface area contributed by atoms with E-state index in [2.05, 4.69) is 4.90 Å². The lowest BCUT2D eigenvalue weighted by Gasteiger charge is -2.15. The van der Waals surface area contributed by atoms with Crippen molar-refractivity contribution in [1.29, 1.82) is 0 Å². The van der Waals surface area contributed by atoms with E-state index in [0.717, 1.165) is 6.42 Å². The Morgan fingerprint density at radius 1 is 1.56 bits per heavy atom. The topological polar surface area (TPSA) is 3.24 Å². The molecule has 1 atom stereocenters. The summed E-state index contributed by atoms with van der Waals surface area (Å²) >= 11 is 0. The average molecular weight is 129 g/mol. The maximum atomic E-state index is 12.7. The van der Waals surface area contributed by atoms with Gasteiger partial charge in [0.25, 0.3) is 0 Å². The van der Waals surface area contributed by atoms with Crippen LogP contribution in [0.15, 0.2) is 0 Å². The molecule has 0 amide bonds. The molecule has 52 valence electrons. The molecule has 2 heteroatoms. The number of likely N-dealkylation sites (tertiary alicyclic amines) is 1. The Hall–Kier alpha value is -0.110. The van der Waals surface area contributed by atoms with Gasteiger partial charge in [-0.1, -0.05) is 0 Å². The average Bonchev–Trinajstić information content (AvgIpc) is 2.42. The molecule has 2 fully saturated rings. The minimum absolute atomic E-state index is 0.333. The zero-order chi connectivity index (χ0) is 6.48. The normalized spacial score (nSPS) is 40.0. The number of hydrogen-bond donors (Lipinski definition) is 0. The summed E-state index contributed by atoms with van der Waals surface area (Å²) in [5.74, 6) is 0. The highest BCUT2D eigenvalue weighted by Gasteiger charge is 2.52. The Kier molecular flexibility index (Phi) is 0.933. The van der Waals surface area contributed by atoms with Crippen LogP contribution in [0.2, 0.25) is 0 Å². The van der Waals surface area contributed by atoms with E-state index >= 15 is 0 Å². The number of rotatable bonds is 0. The van der Waals surface area contributed by atoms with Crippen LogP contribution in [-0.4, -0.2) is 30.2 Å². The molecule has 1 nitrogen and oxygen atoms in total. The Balaban J connectivity index is 2.10. The van der Waals surface area contributed by atoms with E-state index < -0.39 is 6.17 Å². The van der Waals surface area contributed by atoms with Gasteiger partial charge in [0.2, 0.25) is 0 Å². The lowest BCUT2D eigenvalue weighted by Crippen LogP contribution is -2.26. The third-order valence-corrected chi connectivity index (χ3v) is 2.71. The maximum Gasteiger partial charge on any atom is 0.115 e. The molecule has 0 radical (unpaired) electrons. The molecule has 9 heavy (non-hydrogen) atoms. The second-order valence-electron chi connectivity index (χ2n) is 3.41. The second kappa shape index (κ2) is 1.48. The molecule has 1 saturated carbocycles. The molecule has 1 aliphatic heterocycles. The van der Waals surface area contributed by atoms with E-state index in [9.17, 15) is 4.39 Å². The molecular formula is C7H12FN. The summed E-state index contributed by atoms with van der Waals surface area (Å²) in [6.45, 7) is 0.667. The molecule has 2 rings (SSSR count). The number of nitrogens with zero attached hydrogens (tertiary/aromatic N) is 1. The SMILES string of the molecule is CN1CC(F)CC12CC2. The predicted octanol–water partition coefficient (Wildman–Crippen LogP) is 1.19. The van der Waals surface area contributed by atoms with Gasteiger partial charge in [0.1, 0.15) is 6.17 Å². The van der Waals surface area contributed by atoms with Crippen LogP contribution in [0, 0.1) is 0 Å². The second-order valence-corrected chi connectivity index (χ2v) is 3.41. The summed E-state index contributed by atoms with van der Waals surface area (Å²) in [6.07, 6.45) is 2.70. The van der Waals surface area contributed by atoms with Crippen molar-refractivity contribution < 1.29 is 4.39 Å². The Labute approximate surface area is 54.8 Å². The molecule has 1 heterocycles. The Morgan fingerprint density at radius 3 is 2.44 bits per heavy atom. The highest BCUT2D eigenvalue weighted by atomic mass is 19.1. The zero-order valence-corrected chi connectivity index (χ0v) is 5.73. The summed E-state index contributed by atoms with van der Waals surface area (Å²) in [5.41, 5.74) is 0.333. The Morgan fingerprint density at radius 2 is 2.22 bits per heavy atom. The number of halogens is 1. The van der Waals surface area contributed by atoms with E-state index in [-0.39, 0.29) is 0 Å². The summed E-state index contributed by atoms with van der Waals surface area (Å²) in [4.78, 5) is 2.18. The van der Waals surface area contributed by atoms with Crippen molar-refractivity contribution in [3.8, 4) is 0 Å². The maximum absolute atomic E-state index is 12.7. The Bertz CT molecular complexity index is 131. The summed E-state index contributed by atoms with van der Waals surface area (Å²) < 4.78 is 12.7. The van der Waals surface area contributed by atoms with E-state index in [0.29, 0.717) is 12.1 Å². The van der Waals surface area contributed by atoms with Crippen LogP contribution in [0.5, 0.6) is 0 Å². The number of hydrogen-bond acceptors (Lipinski definition) is 1. The molecule has 0 N–H and O–H groups in total. The first-order valence-corrected chi connectivity index (χ1v) is 3.58. The molecule has 1 spiro atoms. The van der Waals surface area contributed by atoms with Crippen LogP contribution in [0.4, 0.5) is 4.39 Å². The highest BCUT2D eigenvalue weighted by molar-refractivity contribution is 5.08. The summed E-state index contributed by atoms with van der Waals surface area (Å²) in [7, 11) is 2.03. The van der Waals surface area contributed by atoms with E-state index in [1.807, 2.05) is 7.05 Å². The third kappa shape index (κ3) is 0.692.